The maximum Gasteiger partial charge on any atom is 0.200 e. The highest BCUT2D eigenvalue weighted by atomic mass is 35.5. The van der Waals surface area contributed by atoms with E-state index in [2.05, 4.69) is 0 Å². The Morgan fingerprint density at radius 3 is 2.52 bits per heavy atom. The normalized spacial score (nSPS) is 13.0. The highest BCUT2D eigenvalue weighted by molar-refractivity contribution is 6.37. The van der Waals surface area contributed by atoms with Crippen LogP contribution in [-0.2, 0) is 12.8 Å². The van der Waals surface area contributed by atoms with Gasteiger partial charge in [0.1, 0.15) is 0 Å². The van der Waals surface area contributed by atoms with Crippen LogP contribution in [0.1, 0.15) is 27.9 Å². The van der Waals surface area contributed by atoms with Gasteiger partial charge in [0.2, 0.25) is 0 Å². The molecule has 0 amide bonds. The number of para-hydroxylation sites is 1. The summed E-state index contributed by atoms with van der Waals surface area (Å²) < 4.78 is 5.49. The molecule has 1 aliphatic rings. The lowest BCUT2D eigenvalue weighted by atomic mass is 10.0. The number of fused-ring (bicyclic) bond motifs is 1. The van der Waals surface area contributed by atoms with Gasteiger partial charge in [0.15, 0.2) is 18.1 Å². The molecule has 0 atom stereocenters. The Hall–Kier alpha value is -1.51. The molecule has 2 nitrogen and oxygen atoms in total. The lowest BCUT2D eigenvalue weighted by Crippen LogP contribution is -2.12. The summed E-state index contributed by atoms with van der Waals surface area (Å²) in [7, 11) is 0. The van der Waals surface area contributed by atoms with E-state index in [1.165, 1.54) is 17.5 Å². The van der Waals surface area contributed by atoms with Gasteiger partial charge in [0, 0.05) is 5.56 Å². The van der Waals surface area contributed by atoms with Crippen molar-refractivity contribution in [2.45, 2.75) is 19.3 Å². The molecule has 0 aliphatic heterocycles. The van der Waals surface area contributed by atoms with Crippen LogP contribution in [0.15, 0.2) is 36.4 Å². The SMILES string of the molecule is O=C(COc1c(Cl)cccc1Cl)c1ccc2c(c1)CCC2. The van der Waals surface area contributed by atoms with E-state index < -0.39 is 0 Å². The van der Waals surface area contributed by atoms with Gasteiger partial charge in [-0.1, -0.05) is 41.4 Å². The second-order valence-corrected chi connectivity index (χ2v) is 5.91. The van der Waals surface area contributed by atoms with Gasteiger partial charge < -0.3 is 4.74 Å². The molecule has 0 aromatic heterocycles. The molecular weight excluding hydrogens is 307 g/mol. The quantitative estimate of drug-likeness (QED) is 0.760. The molecule has 0 heterocycles. The molecule has 0 bridgehead atoms. The van der Waals surface area contributed by atoms with E-state index in [4.69, 9.17) is 27.9 Å². The molecular formula is C17H14Cl2O2. The van der Waals surface area contributed by atoms with Crippen molar-refractivity contribution in [1.29, 1.82) is 0 Å². The largest absolute Gasteiger partial charge is 0.482 e. The molecule has 3 rings (SSSR count). The highest BCUT2D eigenvalue weighted by Crippen LogP contribution is 2.32. The number of aryl methyl sites for hydroxylation is 2. The van der Waals surface area contributed by atoms with Gasteiger partial charge in [-0.15, -0.1) is 0 Å². The first-order valence-corrected chi connectivity index (χ1v) is 7.62. The molecule has 0 unspecified atom stereocenters. The number of Topliss-reactive ketones (excluding diaryl/α,β-unsaturated/α-hetero) is 1. The molecule has 2 aromatic carbocycles. The van der Waals surface area contributed by atoms with Crippen LogP contribution in [0, 0.1) is 0 Å². The number of benzene rings is 2. The number of hydrogen-bond donors (Lipinski definition) is 0. The minimum atomic E-state index is -0.0688. The van der Waals surface area contributed by atoms with Crippen molar-refractivity contribution in [1.82, 2.24) is 0 Å². The van der Waals surface area contributed by atoms with Gasteiger partial charge in [-0.25, -0.2) is 0 Å². The summed E-state index contributed by atoms with van der Waals surface area (Å²) in [5.74, 6) is 0.288. The average Bonchev–Trinajstić information content (AvgIpc) is 2.93. The number of carbonyl (C=O) groups is 1. The van der Waals surface area contributed by atoms with Crippen molar-refractivity contribution >= 4 is 29.0 Å². The van der Waals surface area contributed by atoms with E-state index in [1.54, 1.807) is 18.2 Å². The maximum atomic E-state index is 12.2. The Morgan fingerprint density at radius 1 is 1.05 bits per heavy atom. The van der Waals surface area contributed by atoms with Crippen molar-refractivity contribution in [3.05, 3.63) is 63.1 Å². The lowest BCUT2D eigenvalue weighted by molar-refractivity contribution is 0.0921. The molecule has 4 heteroatoms. The van der Waals surface area contributed by atoms with Crippen LogP contribution in [0.3, 0.4) is 0 Å². The first-order chi connectivity index (χ1) is 10.1. The smallest absolute Gasteiger partial charge is 0.200 e. The monoisotopic (exact) mass is 320 g/mol. The first kappa shape index (κ1) is 14.4. The Morgan fingerprint density at radius 2 is 1.76 bits per heavy atom. The molecule has 1 aliphatic carbocycles. The summed E-state index contributed by atoms with van der Waals surface area (Å²) in [5, 5.41) is 0.813. The van der Waals surface area contributed by atoms with Crippen molar-refractivity contribution in [2.24, 2.45) is 0 Å². The standard InChI is InChI=1S/C17H14Cl2O2/c18-14-5-2-6-15(19)17(14)21-10-16(20)13-8-7-11-3-1-4-12(11)9-13/h2,5-9H,1,3-4,10H2. The molecule has 0 saturated carbocycles. The van der Waals surface area contributed by atoms with E-state index in [0.29, 0.717) is 21.4 Å². The fourth-order valence-electron chi connectivity index (χ4n) is 2.59. The molecule has 0 N–H and O–H groups in total. The Balaban J connectivity index is 1.72. The Bertz CT molecular complexity index is 675. The number of rotatable bonds is 4. The van der Waals surface area contributed by atoms with Gasteiger partial charge in [-0.3, -0.25) is 4.79 Å². The van der Waals surface area contributed by atoms with E-state index in [1.807, 2.05) is 18.2 Å². The molecule has 0 fully saturated rings. The van der Waals surface area contributed by atoms with Gasteiger partial charge in [0.25, 0.3) is 0 Å². The lowest BCUT2D eigenvalue weighted by Gasteiger charge is -2.09. The molecule has 108 valence electrons. The molecule has 0 spiro atoms. The number of ketones is 1. The summed E-state index contributed by atoms with van der Waals surface area (Å²) in [4.78, 5) is 12.2. The van der Waals surface area contributed by atoms with E-state index >= 15 is 0 Å². The average molecular weight is 321 g/mol. The molecule has 21 heavy (non-hydrogen) atoms. The fraction of sp³-hybridized carbons (Fsp3) is 0.235. The van der Waals surface area contributed by atoms with Gasteiger partial charge in [0.05, 0.1) is 10.0 Å². The molecule has 2 aromatic rings. The Labute approximate surface area is 133 Å². The number of carbonyl (C=O) groups excluding carboxylic acids is 1. The van der Waals surface area contributed by atoms with Crippen molar-refractivity contribution in [3.63, 3.8) is 0 Å². The van der Waals surface area contributed by atoms with Crippen LogP contribution in [-0.4, -0.2) is 12.4 Å². The third-order valence-electron chi connectivity index (χ3n) is 3.69. The number of ether oxygens (including phenoxy) is 1. The summed E-state index contributed by atoms with van der Waals surface area (Å²) in [6.45, 7) is -0.0672. The van der Waals surface area contributed by atoms with Gasteiger partial charge >= 0.3 is 0 Å². The zero-order valence-electron chi connectivity index (χ0n) is 11.4. The van der Waals surface area contributed by atoms with Crippen molar-refractivity contribution in [2.75, 3.05) is 6.61 Å². The van der Waals surface area contributed by atoms with E-state index in [0.717, 1.165) is 12.8 Å². The summed E-state index contributed by atoms with van der Waals surface area (Å²) >= 11 is 12.0. The van der Waals surface area contributed by atoms with Crippen LogP contribution in [0.25, 0.3) is 0 Å². The van der Waals surface area contributed by atoms with E-state index in [9.17, 15) is 4.79 Å². The molecule has 0 radical (unpaired) electrons. The summed E-state index contributed by atoms with van der Waals surface area (Å²) in [6, 6.07) is 11.0. The minimum absolute atomic E-state index is 0.0672. The maximum absolute atomic E-state index is 12.2. The first-order valence-electron chi connectivity index (χ1n) is 6.87. The van der Waals surface area contributed by atoms with Crippen LogP contribution >= 0.6 is 23.2 Å². The number of hydrogen-bond acceptors (Lipinski definition) is 2. The summed E-state index contributed by atoms with van der Waals surface area (Å²) in [5.41, 5.74) is 3.30. The van der Waals surface area contributed by atoms with Gasteiger partial charge in [-0.2, -0.15) is 0 Å². The minimum Gasteiger partial charge on any atom is -0.482 e. The van der Waals surface area contributed by atoms with Crippen LogP contribution in [0.5, 0.6) is 5.75 Å². The second kappa shape index (κ2) is 6.08. The third-order valence-corrected chi connectivity index (χ3v) is 4.28. The van der Waals surface area contributed by atoms with Crippen LogP contribution in [0.4, 0.5) is 0 Å². The van der Waals surface area contributed by atoms with Gasteiger partial charge in [-0.05, 0) is 48.6 Å². The van der Waals surface area contributed by atoms with Crippen molar-refractivity contribution < 1.29 is 9.53 Å². The summed E-state index contributed by atoms with van der Waals surface area (Å²) in [6.07, 6.45) is 3.32. The number of halogens is 2. The third kappa shape index (κ3) is 3.07. The highest BCUT2D eigenvalue weighted by Gasteiger charge is 2.15. The zero-order chi connectivity index (χ0) is 14.8. The fourth-order valence-corrected chi connectivity index (χ4v) is 3.09. The second-order valence-electron chi connectivity index (χ2n) is 5.10. The molecule has 0 saturated heterocycles. The Kier molecular flexibility index (Phi) is 4.18. The predicted octanol–water partition coefficient (Wildman–Crippen LogP) is 4.74. The van der Waals surface area contributed by atoms with E-state index in [-0.39, 0.29) is 12.4 Å². The van der Waals surface area contributed by atoms with Crippen LogP contribution < -0.4 is 4.74 Å². The zero-order valence-corrected chi connectivity index (χ0v) is 12.9. The van der Waals surface area contributed by atoms with Crippen molar-refractivity contribution in [3.8, 4) is 5.75 Å². The predicted molar refractivity (Wildman–Crippen MR) is 84.8 cm³/mol. The van der Waals surface area contributed by atoms with Crippen LogP contribution in [0.2, 0.25) is 10.0 Å². The topological polar surface area (TPSA) is 26.3 Å².